The first-order valence-corrected chi connectivity index (χ1v) is 12.0. The number of rotatable bonds is 7. The molecule has 0 unspecified atom stereocenters. The minimum Gasteiger partial charge on any atom is -0.497 e. The first-order chi connectivity index (χ1) is 16.4. The van der Waals surface area contributed by atoms with Gasteiger partial charge in [-0.05, 0) is 61.2 Å². The number of amides is 3. The Bertz CT molecular complexity index is 1030. The molecule has 0 spiro atoms. The molecule has 0 bridgehead atoms. The third-order valence-electron chi connectivity index (χ3n) is 6.76. The highest BCUT2D eigenvalue weighted by atomic mass is 35.5. The molecule has 2 aliphatic heterocycles. The second kappa shape index (κ2) is 10.5. The summed E-state index contributed by atoms with van der Waals surface area (Å²) < 4.78 is 5.15. The Kier molecular flexibility index (Phi) is 7.41. The van der Waals surface area contributed by atoms with E-state index in [4.69, 9.17) is 16.3 Å². The number of methoxy groups -OCH3 is 1. The molecule has 0 aliphatic carbocycles. The molecule has 3 amide bonds. The highest BCUT2D eigenvalue weighted by molar-refractivity contribution is 6.30. The highest BCUT2D eigenvalue weighted by Gasteiger charge is 2.38. The Labute approximate surface area is 205 Å². The van der Waals surface area contributed by atoms with Gasteiger partial charge in [0.05, 0.1) is 7.11 Å². The van der Waals surface area contributed by atoms with Crippen LogP contribution in [0.2, 0.25) is 5.02 Å². The molecule has 180 valence electrons. The standard InChI is InChI=1S/C26H30ClN3O4/c1-34-22-8-4-20(5-9-22)25(33)30-16-14-29(15-17-30)24(32)11-13-26(12-10-23(31)28-26)18-19-2-6-21(27)7-3-19/h2-9H,10-18H2,1H3,(H,28,31)/t26-/m1/s1. The molecule has 7 nitrogen and oxygen atoms in total. The fourth-order valence-corrected chi connectivity index (χ4v) is 4.88. The third kappa shape index (κ3) is 5.70. The zero-order valence-corrected chi connectivity index (χ0v) is 20.1. The SMILES string of the molecule is COc1ccc(C(=O)N2CCN(C(=O)CC[C@@]3(Cc4ccc(Cl)cc4)CCC(=O)N3)CC2)cc1. The number of hydrogen-bond donors (Lipinski definition) is 1. The Morgan fingerprint density at radius 2 is 1.65 bits per heavy atom. The zero-order chi connectivity index (χ0) is 24.1. The minimum atomic E-state index is -0.410. The predicted octanol–water partition coefficient (Wildman–Crippen LogP) is 3.30. The second-order valence-electron chi connectivity index (χ2n) is 9.03. The molecule has 1 N–H and O–H groups in total. The molecule has 4 rings (SSSR count). The van der Waals surface area contributed by atoms with E-state index in [0.29, 0.717) is 74.6 Å². The number of halogens is 1. The molecule has 1 atom stereocenters. The lowest BCUT2D eigenvalue weighted by molar-refractivity contribution is -0.133. The average Bonchev–Trinajstić information content (AvgIpc) is 3.24. The van der Waals surface area contributed by atoms with Crippen LogP contribution in [0.15, 0.2) is 48.5 Å². The van der Waals surface area contributed by atoms with Gasteiger partial charge in [-0.2, -0.15) is 0 Å². The van der Waals surface area contributed by atoms with Crippen molar-refractivity contribution in [2.45, 2.75) is 37.6 Å². The van der Waals surface area contributed by atoms with Crippen molar-refractivity contribution in [3.8, 4) is 5.75 Å². The molecular formula is C26H30ClN3O4. The third-order valence-corrected chi connectivity index (χ3v) is 7.02. The van der Waals surface area contributed by atoms with Crippen molar-refractivity contribution in [2.24, 2.45) is 0 Å². The van der Waals surface area contributed by atoms with E-state index >= 15 is 0 Å². The minimum absolute atomic E-state index is 0.0343. The van der Waals surface area contributed by atoms with Gasteiger partial charge in [-0.25, -0.2) is 0 Å². The molecule has 8 heteroatoms. The number of nitrogens with one attached hydrogen (secondary N) is 1. The van der Waals surface area contributed by atoms with Crippen LogP contribution in [0.25, 0.3) is 0 Å². The molecule has 0 aromatic heterocycles. The topological polar surface area (TPSA) is 79.0 Å². The van der Waals surface area contributed by atoms with Crippen LogP contribution in [-0.4, -0.2) is 66.3 Å². The van der Waals surface area contributed by atoms with E-state index in [1.54, 1.807) is 36.3 Å². The van der Waals surface area contributed by atoms with E-state index < -0.39 is 5.54 Å². The first kappa shape index (κ1) is 24.1. The van der Waals surface area contributed by atoms with E-state index in [1.807, 2.05) is 29.2 Å². The largest absolute Gasteiger partial charge is 0.497 e. The highest BCUT2D eigenvalue weighted by Crippen LogP contribution is 2.30. The summed E-state index contributed by atoms with van der Waals surface area (Å²) in [5, 5.41) is 3.81. The van der Waals surface area contributed by atoms with Crippen molar-refractivity contribution in [1.82, 2.24) is 15.1 Å². The molecule has 2 aromatic rings. The fourth-order valence-electron chi connectivity index (χ4n) is 4.75. The van der Waals surface area contributed by atoms with Crippen molar-refractivity contribution in [1.29, 1.82) is 0 Å². The zero-order valence-electron chi connectivity index (χ0n) is 19.4. The molecule has 2 heterocycles. The summed E-state index contributed by atoms with van der Waals surface area (Å²) in [5.74, 6) is 0.768. The van der Waals surface area contributed by atoms with Crippen LogP contribution < -0.4 is 10.1 Å². The smallest absolute Gasteiger partial charge is 0.253 e. The first-order valence-electron chi connectivity index (χ1n) is 11.6. The van der Waals surface area contributed by atoms with E-state index in [0.717, 1.165) is 5.56 Å². The number of carbonyl (C=O) groups excluding carboxylic acids is 3. The van der Waals surface area contributed by atoms with Crippen molar-refractivity contribution in [3.05, 3.63) is 64.7 Å². The molecular weight excluding hydrogens is 454 g/mol. The summed E-state index contributed by atoms with van der Waals surface area (Å²) in [4.78, 5) is 41.4. The number of nitrogens with zero attached hydrogens (tertiary/aromatic N) is 2. The van der Waals surface area contributed by atoms with Gasteiger partial charge in [0.1, 0.15) is 5.75 Å². The van der Waals surface area contributed by atoms with Crippen LogP contribution in [-0.2, 0) is 16.0 Å². The number of carbonyl (C=O) groups is 3. The molecule has 2 fully saturated rings. The summed E-state index contributed by atoms with van der Waals surface area (Å²) in [6, 6.07) is 14.7. The molecule has 0 saturated carbocycles. The van der Waals surface area contributed by atoms with Crippen molar-refractivity contribution < 1.29 is 19.1 Å². The van der Waals surface area contributed by atoms with Gasteiger partial charge in [0.2, 0.25) is 11.8 Å². The molecule has 0 radical (unpaired) electrons. The molecule has 34 heavy (non-hydrogen) atoms. The van der Waals surface area contributed by atoms with Crippen LogP contribution in [0, 0.1) is 0 Å². The van der Waals surface area contributed by atoms with Gasteiger partial charge in [0.25, 0.3) is 5.91 Å². The lowest BCUT2D eigenvalue weighted by Crippen LogP contribution is -2.51. The predicted molar refractivity (Wildman–Crippen MR) is 130 cm³/mol. The van der Waals surface area contributed by atoms with Crippen LogP contribution in [0.1, 0.15) is 41.6 Å². The summed E-state index contributed by atoms with van der Waals surface area (Å²) >= 11 is 6.00. The van der Waals surface area contributed by atoms with Crippen molar-refractivity contribution in [3.63, 3.8) is 0 Å². The van der Waals surface area contributed by atoms with Gasteiger partial charge >= 0.3 is 0 Å². The average molecular weight is 484 g/mol. The Balaban J connectivity index is 1.30. The number of hydrogen-bond acceptors (Lipinski definition) is 4. The van der Waals surface area contributed by atoms with Gasteiger partial charge in [0.15, 0.2) is 0 Å². The summed E-state index contributed by atoms with van der Waals surface area (Å²) in [6.07, 6.45) is 2.82. The fraction of sp³-hybridized carbons (Fsp3) is 0.423. The summed E-state index contributed by atoms with van der Waals surface area (Å²) in [7, 11) is 1.59. The van der Waals surface area contributed by atoms with E-state index in [9.17, 15) is 14.4 Å². The van der Waals surface area contributed by atoms with E-state index in [-0.39, 0.29) is 17.7 Å². The van der Waals surface area contributed by atoms with Crippen LogP contribution in [0.4, 0.5) is 0 Å². The number of piperazine rings is 1. The Hall–Kier alpha value is -3.06. The maximum atomic E-state index is 13.0. The van der Waals surface area contributed by atoms with Gasteiger partial charge in [-0.1, -0.05) is 23.7 Å². The Morgan fingerprint density at radius 3 is 2.24 bits per heavy atom. The maximum Gasteiger partial charge on any atom is 0.253 e. The van der Waals surface area contributed by atoms with Crippen molar-refractivity contribution in [2.75, 3.05) is 33.3 Å². The van der Waals surface area contributed by atoms with Gasteiger partial charge < -0.3 is 19.9 Å². The van der Waals surface area contributed by atoms with E-state index in [1.165, 1.54) is 0 Å². The lowest BCUT2D eigenvalue weighted by Gasteiger charge is -2.36. The van der Waals surface area contributed by atoms with Gasteiger partial charge in [-0.15, -0.1) is 0 Å². The van der Waals surface area contributed by atoms with E-state index in [2.05, 4.69) is 5.32 Å². The molecule has 2 aliphatic rings. The number of benzene rings is 2. The maximum absolute atomic E-state index is 13.0. The second-order valence-corrected chi connectivity index (χ2v) is 9.47. The number of ether oxygens (including phenoxy) is 1. The van der Waals surface area contributed by atoms with Crippen LogP contribution in [0.3, 0.4) is 0 Å². The molecule has 2 aromatic carbocycles. The van der Waals surface area contributed by atoms with Crippen LogP contribution >= 0.6 is 11.6 Å². The Morgan fingerprint density at radius 1 is 1.00 bits per heavy atom. The van der Waals surface area contributed by atoms with Gasteiger partial charge in [-0.3, -0.25) is 14.4 Å². The van der Waals surface area contributed by atoms with Crippen LogP contribution in [0.5, 0.6) is 5.75 Å². The lowest BCUT2D eigenvalue weighted by atomic mass is 9.85. The summed E-state index contributed by atoms with van der Waals surface area (Å²) in [5.41, 5.74) is 1.29. The molecule has 2 saturated heterocycles. The summed E-state index contributed by atoms with van der Waals surface area (Å²) in [6.45, 7) is 2.03. The monoisotopic (exact) mass is 483 g/mol. The normalized spacial score (nSPS) is 20.2. The van der Waals surface area contributed by atoms with Gasteiger partial charge in [0, 0.05) is 55.1 Å². The van der Waals surface area contributed by atoms with Crippen molar-refractivity contribution >= 4 is 29.3 Å². The quantitative estimate of drug-likeness (QED) is 0.655.